The van der Waals surface area contributed by atoms with E-state index < -0.39 is 26.0 Å². The minimum Gasteiger partial charge on any atom is -0.394 e. The lowest BCUT2D eigenvalue weighted by Gasteiger charge is -2.31. The predicted molar refractivity (Wildman–Crippen MR) is 75.1 cm³/mol. The van der Waals surface area contributed by atoms with Gasteiger partial charge in [0, 0.05) is 19.3 Å². The SMILES string of the molecule is CS(=O)(=O)c1ccc(S(=O)(=O)N2CCOC(CO)C2)cc1. The highest BCUT2D eigenvalue weighted by molar-refractivity contribution is 7.90. The fourth-order valence-corrected chi connectivity index (χ4v) is 4.11. The van der Waals surface area contributed by atoms with E-state index in [1.54, 1.807) is 0 Å². The van der Waals surface area contributed by atoms with Crippen LogP contribution in [0.5, 0.6) is 0 Å². The van der Waals surface area contributed by atoms with Crippen LogP contribution in [0.4, 0.5) is 0 Å². The number of sulfonamides is 1. The second-order valence-corrected chi connectivity index (χ2v) is 8.74. The van der Waals surface area contributed by atoms with Crippen LogP contribution < -0.4 is 0 Å². The molecule has 0 aromatic heterocycles. The molecule has 7 nitrogen and oxygen atoms in total. The van der Waals surface area contributed by atoms with Crippen molar-refractivity contribution in [2.24, 2.45) is 0 Å². The average molecular weight is 335 g/mol. The van der Waals surface area contributed by atoms with E-state index in [1.165, 1.54) is 28.6 Å². The topological polar surface area (TPSA) is 101 Å². The molecule has 9 heteroatoms. The van der Waals surface area contributed by atoms with Gasteiger partial charge in [0.25, 0.3) is 0 Å². The fraction of sp³-hybridized carbons (Fsp3) is 0.500. The first-order valence-corrected chi connectivity index (χ1v) is 9.61. The summed E-state index contributed by atoms with van der Waals surface area (Å²) in [5.74, 6) is 0. The summed E-state index contributed by atoms with van der Waals surface area (Å²) in [5, 5.41) is 9.06. The van der Waals surface area contributed by atoms with Crippen LogP contribution >= 0.6 is 0 Å². The Morgan fingerprint density at radius 3 is 2.29 bits per heavy atom. The minimum atomic E-state index is -3.72. The van der Waals surface area contributed by atoms with Gasteiger partial charge in [-0.3, -0.25) is 0 Å². The summed E-state index contributed by atoms with van der Waals surface area (Å²) >= 11 is 0. The van der Waals surface area contributed by atoms with Crippen molar-refractivity contribution in [3.05, 3.63) is 24.3 Å². The number of nitrogens with zero attached hydrogens (tertiary/aromatic N) is 1. The lowest BCUT2D eigenvalue weighted by atomic mass is 10.3. The molecule has 2 rings (SSSR count). The Bertz CT molecular complexity index is 696. The van der Waals surface area contributed by atoms with Gasteiger partial charge in [-0.1, -0.05) is 0 Å². The Kier molecular flexibility index (Phi) is 4.69. The van der Waals surface area contributed by atoms with E-state index in [4.69, 9.17) is 9.84 Å². The van der Waals surface area contributed by atoms with E-state index in [-0.39, 0.29) is 36.1 Å². The highest BCUT2D eigenvalue weighted by Gasteiger charge is 2.30. The first kappa shape index (κ1) is 16.4. The highest BCUT2D eigenvalue weighted by Crippen LogP contribution is 2.20. The summed E-state index contributed by atoms with van der Waals surface area (Å²) in [6.07, 6.45) is 0.522. The molecule has 1 aromatic carbocycles. The Hall–Kier alpha value is -1.00. The van der Waals surface area contributed by atoms with E-state index in [0.29, 0.717) is 0 Å². The van der Waals surface area contributed by atoms with Gasteiger partial charge in [0.2, 0.25) is 10.0 Å². The number of morpholine rings is 1. The quantitative estimate of drug-likeness (QED) is 0.794. The molecule has 1 heterocycles. The van der Waals surface area contributed by atoms with Crippen LogP contribution in [0.15, 0.2) is 34.1 Å². The maximum absolute atomic E-state index is 12.4. The number of rotatable bonds is 4. The third-order valence-electron chi connectivity index (χ3n) is 3.19. The fourth-order valence-electron chi connectivity index (χ4n) is 2.03. The molecule has 0 saturated carbocycles. The molecule has 118 valence electrons. The molecule has 1 fully saturated rings. The van der Waals surface area contributed by atoms with Gasteiger partial charge in [-0.25, -0.2) is 16.8 Å². The molecular formula is C12H17NO6S2. The van der Waals surface area contributed by atoms with Crippen LogP contribution in [-0.2, 0) is 24.6 Å². The number of sulfone groups is 1. The molecule has 0 radical (unpaired) electrons. The van der Waals surface area contributed by atoms with Gasteiger partial charge >= 0.3 is 0 Å². The van der Waals surface area contributed by atoms with Crippen molar-refractivity contribution < 1.29 is 26.7 Å². The lowest BCUT2D eigenvalue weighted by molar-refractivity contribution is -0.0304. The number of ether oxygens (including phenoxy) is 1. The molecule has 1 atom stereocenters. The molecule has 0 amide bonds. The summed E-state index contributed by atoms with van der Waals surface area (Å²) in [5.41, 5.74) is 0. The molecule has 1 unspecified atom stereocenters. The predicted octanol–water partition coefficient (Wildman–Crippen LogP) is -0.528. The lowest BCUT2D eigenvalue weighted by Crippen LogP contribution is -2.46. The normalized spacial score (nSPS) is 21.3. The number of hydrogen-bond acceptors (Lipinski definition) is 6. The van der Waals surface area contributed by atoms with Crippen molar-refractivity contribution in [2.45, 2.75) is 15.9 Å². The monoisotopic (exact) mass is 335 g/mol. The van der Waals surface area contributed by atoms with Gasteiger partial charge in [-0.05, 0) is 24.3 Å². The van der Waals surface area contributed by atoms with Gasteiger partial charge in [0.15, 0.2) is 9.84 Å². The van der Waals surface area contributed by atoms with Crippen LogP contribution in [0, 0.1) is 0 Å². The number of aliphatic hydroxyl groups excluding tert-OH is 1. The Labute approximate surface area is 124 Å². The maximum Gasteiger partial charge on any atom is 0.243 e. The summed E-state index contributed by atoms with van der Waals surface area (Å²) in [6.45, 7) is 0.240. The molecule has 1 aliphatic rings. The Balaban J connectivity index is 2.27. The van der Waals surface area contributed by atoms with E-state index in [9.17, 15) is 16.8 Å². The molecule has 1 N–H and O–H groups in total. The zero-order valence-electron chi connectivity index (χ0n) is 11.5. The third-order valence-corrected chi connectivity index (χ3v) is 6.20. The smallest absolute Gasteiger partial charge is 0.243 e. The molecule has 1 saturated heterocycles. The molecule has 1 aromatic rings. The number of benzene rings is 1. The Morgan fingerprint density at radius 2 is 1.76 bits per heavy atom. The van der Waals surface area contributed by atoms with Crippen molar-refractivity contribution in [3.63, 3.8) is 0 Å². The van der Waals surface area contributed by atoms with Crippen molar-refractivity contribution in [1.29, 1.82) is 0 Å². The highest BCUT2D eigenvalue weighted by atomic mass is 32.2. The van der Waals surface area contributed by atoms with E-state index >= 15 is 0 Å². The first-order valence-electron chi connectivity index (χ1n) is 6.28. The van der Waals surface area contributed by atoms with Crippen molar-refractivity contribution in [3.8, 4) is 0 Å². The van der Waals surface area contributed by atoms with Gasteiger partial charge in [0.05, 0.1) is 29.1 Å². The van der Waals surface area contributed by atoms with Gasteiger partial charge in [0.1, 0.15) is 0 Å². The molecule has 1 aliphatic heterocycles. The second-order valence-electron chi connectivity index (χ2n) is 4.78. The summed E-state index contributed by atoms with van der Waals surface area (Å²) < 4.78 is 54.1. The van der Waals surface area contributed by atoms with Crippen LogP contribution in [0.25, 0.3) is 0 Å². The molecular weight excluding hydrogens is 318 g/mol. The number of aliphatic hydroxyl groups is 1. The number of hydrogen-bond donors (Lipinski definition) is 1. The minimum absolute atomic E-state index is 0.0217. The molecule has 0 spiro atoms. The van der Waals surface area contributed by atoms with E-state index in [0.717, 1.165) is 6.26 Å². The summed E-state index contributed by atoms with van der Waals surface area (Å²) in [4.78, 5) is 0.0881. The van der Waals surface area contributed by atoms with E-state index in [2.05, 4.69) is 0 Å². The van der Waals surface area contributed by atoms with Crippen LogP contribution in [0.2, 0.25) is 0 Å². The maximum atomic E-state index is 12.4. The van der Waals surface area contributed by atoms with Crippen LogP contribution in [0.1, 0.15) is 0 Å². The van der Waals surface area contributed by atoms with Gasteiger partial charge in [-0.15, -0.1) is 0 Å². The van der Waals surface area contributed by atoms with Crippen molar-refractivity contribution in [2.75, 3.05) is 32.6 Å². The first-order chi connectivity index (χ1) is 9.75. The Morgan fingerprint density at radius 1 is 1.19 bits per heavy atom. The third kappa shape index (κ3) is 3.61. The molecule has 0 bridgehead atoms. The van der Waals surface area contributed by atoms with E-state index in [1.807, 2.05) is 0 Å². The largest absolute Gasteiger partial charge is 0.394 e. The van der Waals surface area contributed by atoms with Crippen molar-refractivity contribution >= 4 is 19.9 Å². The van der Waals surface area contributed by atoms with Gasteiger partial charge < -0.3 is 9.84 Å². The van der Waals surface area contributed by atoms with Crippen LogP contribution in [-0.4, -0.2) is 64.9 Å². The zero-order valence-corrected chi connectivity index (χ0v) is 13.1. The van der Waals surface area contributed by atoms with Crippen molar-refractivity contribution in [1.82, 2.24) is 4.31 Å². The summed E-state index contributed by atoms with van der Waals surface area (Å²) in [6, 6.07) is 5.09. The molecule has 21 heavy (non-hydrogen) atoms. The van der Waals surface area contributed by atoms with Crippen LogP contribution in [0.3, 0.4) is 0 Å². The zero-order chi connectivity index (χ0) is 15.7. The molecule has 0 aliphatic carbocycles. The average Bonchev–Trinajstić information content (AvgIpc) is 2.46. The van der Waals surface area contributed by atoms with Gasteiger partial charge in [-0.2, -0.15) is 4.31 Å². The standard InChI is InChI=1S/C12H17NO6S2/c1-20(15,16)11-2-4-12(5-3-11)21(17,18)13-6-7-19-10(8-13)9-14/h2-5,10,14H,6-9H2,1H3. The second kappa shape index (κ2) is 6.01. The summed E-state index contributed by atoms with van der Waals surface area (Å²) in [7, 11) is -7.08.